The van der Waals surface area contributed by atoms with E-state index in [0.717, 1.165) is 64.2 Å². The van der Waals surface area contributed by atoms with Crippen LogP contribution in [0.1, 0.15) is 125 Å². The number of nitrogens with zero attached hydrogens (tertiary/aromatic N) is 8. The van der Waals surface area contributed by atoms with E-state index in [1.165, 1.54) is 12.8 Å². The minimum atomic E-state index is -3.33. The Balaban J connectivity index is 1.71. The van der Waals surface area contributed by atoms with Gasteiger partial charge in [0.2, 0.25) is 0 Å². The van der Waals surface area contributed by atoms with Crippen molar-refractivity contribution in [2.45, 2.75) is 119 Å². The first-order valence-electron chi connectivity index (χ1n) is 23.0. The van der Waals surface area contributed by atoms with Crippen molar-refractivity contribution >= 4 is 36.7 Å². The molecule has 0 aliphatic rings. The summed E-state index contributed by atoms with van der Waals surface area (Å²) in [5.74, 6) is 0.646. The third kappa shape index (κ3) is 11.3. The molecule has 10 nitrogen and oxygen atoms in total. The molecule has 4 heterocycles. The SMILES string of the molecule is CCCCCCCCOc1ccc(-c2c3/c(=C(\C#N)c4nc(C)cc(C)n4)n(B(F)F)c(-c4ccc(OCCCCCCCC)cc4)c3/c(=C(\C#N)c3nc(C)cc(C)n3)n2B(F)F)cc1. The minimum Gasteiger partial charge on any atom is -0.494 e. The number of hydrogen-bond donors (Lipinski definition) is 0. The summed E-state index contributed by atoms with van der Waals surface area (Å²) in [5, 5.41) is 20.9. The summed E-state index contributed by atoms with van der Waals surface area (Å²) in [7, 11) is -6.66. The molecule has 0 atom stereocenters. The molecule has 66 heavy (non-hydrogen) atoms. The fraction of sp³-hybridized carbons (Fsp3) is 0.400. The second kappa shape index (κ2) is 23.2. The van der Waals surface area contributed by atoms with E-state index in [4.69, 9.17) is 9.47 Å². The molecule has 0 aliphatic heterocycles. The number of ether oxygens (including phenoxy) is 2. The first-order valence-corrected chi connectivity index (χ1v) is 23.0. The molecule has 0 N–H and O–H groups in total. The molecule has 0 spiro atoms. The molecule has 6 rings (SSSR count). The Morgan fingerprint density at radius 2 is 0.833 bits per heavy atom. The highest BCUT2D eigenvalue weighted by molar-refractivity contribution is 6.45. The smallest absolute Gasteiger partial charge is 0.494 e. The van der Waals surface area contributed by atoms with E-state index < -0.39 is 25.5 Å². The molecule has 342 valence electrons. The third-order valence-electron chi connectivity index (χ3n) is 11.4. The van der Waals surface area contributed by atoms with Crippen LogP contribution in [-0.4, -0.2) is 56.9 Å². The van der Waals surface area contributed by atoms with E-state index in [-0.39, 0.29) is 56.1 Å². The van der Waals surface area contributed by atoms with Crippen LogP contribution in [0.2, 0.25) is 0 Å². The summed E-state index contributed by atoms with van der Waals surface area (Å²) in [4.78, 5) is 18.0. The number of aromatic nitrogens is 6. The number of fused-ring (bicyclic) bond motifs is 1. The zero-order valence-electron chi connectivity index (χ0n) is 38.7. The van der Waals surface area contributed by atoms with Gasteiger partial charge in [0.25, 0.3) is 0 Å². The molecule has 0 saturated heterocycles. The van der Waals surface area contributed by atoms with Gasteiger partial charge in [-0.1, -0.05) is 78.1 Å². The fourth-order valence-corrected chi connectivity index (χ4v) is 8.51. The molecule has 2 aromatic carbocycles. The van der Waals surface area contributed by atoms with Crippen molar-refractivity contribution in [3.63, 3.8) is 0 Å². The van der Waals surface area contributed by atoms with Crippen LogP contribution < -0.4 is 20.2 Å². The van der Waals surface area contributed by atoms with E-state index in [2.05, 4.69) is 45.9 Å². The van der Waals surface area contributed by atoms with Gasteiger partial charge in [0.05, 0.1) is 35.3 Å². The molecule has 0 bridgehead atoms. The van der Waals surface area contributed by atoms with E-state index >= 15 is 17.3 Å². The van der Waals surface area contributed by atoms with Gasteiger partial charge in [-0.2, -0.15) is 10.5 Å². The fourth-order valence-electron chi connectivity index (χ4n) is 8.51. The lowest BCUT2D eigenvalue weighted by atomic mass is 10.0. The van der Waals surface area contributed by atoms with Crippen molar-refractivity contribution in [3.05, 3.63) is 106 Å². The summed E-state index contributed by atoms with van der Waals surface area (Å²) in [6.07, 6.45) is 12.8. The van der Waals surface area contributed by atoms with E-state index in [1.807, 2.05) is 0 Å². The number of hydrogen-bond acceptors (Lipinski definition) is 8. The lowest BCUT2D eigenvalue weighted by Gasteiger charge is -2.14. The average molecular weight is 899 g/mol. The van der Waals surface area contributed by atoms with Gasteiger partial charge < -0.3 is 18.4 Å². The van der Waals surface area contributed by atoms with Crippen molar-refractivity contribution in [1.82, 2.24) is 28.9 Å². The van der Waals surface area contributed by atoms with Crippen LogP contribution in [-0.2, 0) is 0 Å². The van der Waals surface area contributed by atoms with E-state index in [1.54, 1.807) is 88.4 Å². The van der Waals surface area contributed by atoms with E-state index in [0.29, 0.717) is 56.4 Å². The zero-order chi connectivity index (χ0) is 47.3. The summed E-state index contributed by atoms with van der Waals surface area (Å²) in [5.41, 5.74) is 1.02. The molecule has 6 aromatic rings. The van der Waals surface area contributed by atoms with Gasteiger partial charge in [0, 0.05) is 33.5 Å². The van der Waals surface area contributed by atoms with Gasteiger partial charge >= 0.3 is 14.8 Å². The zero-order valence-corrected chi connectivity index (χ0v) is 38.7. The second-order valence-corrected chi connectivity index (χ2v) is 16.6. The summed E-state index contributed by atoms with van der Waals surface area (Å²) in [6, 6.07) is 20.4. The number of aryl methyl sites for hydroxylation is 4. The average Bonchev–Trinajstić information content (AvgIpc) is 3.80. The number of rotatable bonds is 22. The molecular weight excluding hydrogens is 842 g/mol. The molecule has 0 fully saturated rings. The predicted octanol–water partition coefficient (Wildman–Crippen LogP) is 11.1. The normalized spacial score (nSPS) is 12.2. The molecule has 0 aliphatic carbocycles. The van der Waals surface area contributed by atoms with Crippen LogP contribution in [0.15, 0.2) is 60.7 Å². The number of benzene rings is 2. The van der Waals surface area contributed by atoms with Gasteiger partial charge in [-0.15, -0.1) is 0 Å². The number of unbranched alkanes of at least 4 members (excludes halogenated alkanes) is 10. The van der Waals surface area contributed by atoms with E-state index in [9.17, 15) is 10.5 Å². The third-order valence-corrected chi connectivity index (χ3v) is 11.4. The first-order chi connectivity index (χ1) is 31.9. The van der Waals surface area contributed by atoms with Crippen molar-refractivity contribution in [2.24, 2.45) is 0 Å². The van der Waals surface area contributed by atoms with Gasteiger partial charge in [-0.05, 0) is 112 Å². The summed E-state index contributed by atoms with van der Waals surface area (Å²) < 4.78 is 78.6. The Hall–Kier alpha value is -6.41. The maximum atomic E-state index is 16.3. The van der Waals surface area contributed by atoms with Gasteiger partial charge in [-0.25, -0.2) is 19.9 Å². The molecule has 0 unspecified atom stereocenters. The first kappa shape index (κ1) is 49.0. The van der Waals surface area contributed by atoms with Crippen molar-refractivity contribution in [1.29, 1.82) is 10.5 Å². The molecule has 0 radical (unpaired) electrons. The van der Waals surface area contributed by atoms with Gasteiger partial charge in [0.15, 0.2) is 11.6 Å². The van der Waals surface area contributed by atoms with Gasteiger partial charge in [-0.3, -0.25) is 17.3 Å². The highest BCUT2D eigenvalue weighted by Gasteiger charge is 2.37. The molecule has 4 aromatic heterocycles. The maximum absolute atomic E-state index is 16.3. The van der Waals surface area contributed by atoms with Crippen LogP contribution in [0.25, 0.3) is 44.4 Å². The van der Waals surface area contributed by atoms with Crippen LogP contribution in [0.3, 0.4) is 0 Å². The maximum Gasteiger partial charge on any atom is 0.678 e. The van der Waals surface area contributed by atoms with Crippen LogP contribution in [0, 0.1) is 50.4 Å². The largest absolute Gasteiger partial charge is 0.678 e. The Kier molecular flexibility index (Phi) is 17.2. The second-order valence-electron chi connectivity index (χ2n) is 16.6. The molecule has 16 heteroatoms. The Bertz CT molecular complexity index is 2600. The summed E-state index contributed by atoms with van der Waals surface area (Å²) in [6.45, 7) is 12.0. The highest BCUT2D eigenvalue weighted by Crippen LogP contribution is 2.37. The summed E-state index contributed by atoms with van der Waals surface area (Å²) >= 11 is 0. The molecule has 0 saturated carbocycles. The van der Waals surface area contributed by atoms with Crippen molar-refractivity contribution in [3.8, 4) is 46.2 Å². The topological polar surface area (TPSA) is 127 Å². The Morgan fingerprint density at radius 1 is 0.515 bits per heavy atom. The van der Waals surface area contributed by atoms with Crippen LogP contribution >= 0.6 is 0 Å². The lowest BCUT2D eigenvalue weighted by Crippen LogP contribution is -2.33. The Morgan fingerprint density at radius 3 is 1.14 bits per heavy atom. The minimum absolute atomic E-state index is 0.138. The monoisotopic (exact) mass is 898 g/mol. The molecular formula is C50H56B2F4N8O2. The van der Waals surface area contributed by atoms with Gasteiger partial charge in [0.1, 0.15) is 34.8 Å². The standard InChI is InChI=1S/C50H56B2F4N8O2/c1-7-9-11-13-15-17-27-65-39-23-19-37(20-24-39)45-43-44(48(63(45)51(53)54)42(32-58)50-61-35(5)30-36(6)62-50)46(38-21-25-40(26-22-38)66-28-18-16-14-12-10-8-2)64(52(55)56)47(43)41(31-57)49-59-33(3)29-34(4)60-49/h19-26,29-30H,7-18,27-28H2,1-6H3/b47-41-,48-42-. The van der Waals surface area contributed by atoms with Crippen molar-refractivity contribution < 1.29 is 26.7 Å². The number of nitriles is 2. The predicted molar refractivity (Wildman–Crippen MR) is 254 cm³/mol. The lowest BCUT2D eigenvalue weighted by molar-refractivity contribution is 0.304. The highest BCUT2D eigenvalue weighted by atomic mass is 19.2. The molecule has 0 amide bonds. The number of halogens is 4. The quantitative estimate of drug-likeness (QED) is 0.0374. The Labute approximate surface area is 385 Å². The van der Waals surface area contributed by atoms with Crippen molar-refractivity contribution in [2.75, 3.05) is 13.2 Å². The van der Waals surface area contributed by atoms with Crippen LogP contribution in [0.4, 0.5) is 17.3 Å². The van der Waals surface area contributed by atoms with Crippen LogP contribution in [0.5, 0.6) is 11.5 Å².